The first kappa shape index (κ1) is 28.3. The minimum Gasteiger partial charge on any atom is -0.333 e. The van der Waals surface area contributed by atoms with Crippen LogP contribution >= 0.6 is 0 Å². The highest BCUT2D eigenvalue weighted by Gasteiger charge is 2.39. The number of benzene rings is 7. The molecule has 2 aromatic heterocycles. The summed E-state index contributed by atoms with van der Waals surface area (Å²) in [6, 6.07) is 60.1. The van der Waals surface area contributed by atoms with Gasteiger partial charge in [0.2, 0.25) is 0 Å². The molecule has 3 nitrogen and oxygen atoms in total. The van der Waals surface area contributed by atoms with Crippen molar-refractivity contribution >= 4 is 55.0 Å². The van der Waals surface area contributed by atoms with E-state index in [0.29, 0.717) is 0 Å². The molecule has 2 aliphatic rings. The number of rotatable bonds is 4. The molecule has 0 fully saturated rings. The topological polar surface area (TPSA) is 13.1 Å². The highest BCUT2D eigenvalue weighted by atomic mass is 15.2. The molecule has 3 heterocycles. The number of allylic oxidation sites excluding steroid dienone is 2. The molecule has 0 amide bonds. The second-order valence-corrected chi connectivity index (χ2v) is 13.7. The van der Waals surface area contributed by atoms with Crippen molar-refractivity contribution < 1.29 is 0 Å². The summed E-state index contributed by atoms with van der Waals surface area (Å²) in [5.74, 6) is 0.227. The molecule has 0 spiro atoms. The van der Waals surface area contributed by atoms with Gasteiger partial charge < -0.3 is 14.0 Å². The lowest BCUT2D eigenvalue weighted by Crippen LogP contribution is -2.28. The van der Waals surface area contributed by atoms with Gasteiger partial charge in [-0.1, -0.05) is 121 Å². The first-order valence-electron chi connectivity index (χ1n) is 17.8. The zero-order valence-corrected chi connectivity index (χ0v) is 27.9. The van der Waals surface area contributed by atoms with Gasteiger partial charge in [-0.2, -0.15) is 0 Å². The molecule has 0 bridgehead atoms. The Morgan fingerprint density at radius 2 is 0.941 bits per heavy atom. The van der Waals surface area contributed by atoms with Gasteiger partial charge in [0.05, 0.1) is 33.8 Å². The average molecular weight is 652 g/mol. The van der Waals surface area contributed by atoms with E-state index in [-0.39, 0.29) is 12.0 Å². The molecule has 51 heavy (non-hydrogen) atoms. The highest BCUT2D eigenvalue weighted by molar-refractivity contribution is 6.11. The minimum absolute atomic E-state index is 0.181. The molecular formula is C48H33N3. The second kappa shape index (κ2) is 11.0. The molecule has 9 aromatic rings. The number of hydrogen-bond acceptors (Lipinski definition) is 1. The van der Waals surface area contributed by atoms with Crippen molar-refractivity contribution in [3.63, 3.8) is 0 Å². The third kappa shape index (κ3) is 4.12. The Morgan fingerprint density at radius 3 is 1.71 bits per heavy atom. The summed E-state index contributed by atoms with van der Waals surface area (Å²) in [6.07, 6.45) is 9.19. The molecule has 240 valence electrons. The maximum Gasteiger partial charge on any atom is 0.0630 e. The molecule has 11 rings (SSSR count). The molecule has 1 aliphatic heterocycles. The molecule has 2 atom stereocenters. The van der Waals surface area contributed by atoms with Crippen molar-refractivity contribution in [2.45, 2.75) is 12.0 Å². The summed E-state index contributed by atoms with van der Waals surface area (Å²) in [6.45, 7) is 0. The minimum atomic E-state index is 0.181. The molecule has 1 aliphatic carbocycles. The third-order valence-corrected chi connectivity index (χ3v) is 11.0. The fourth-order valence-electron chi connectivity index (χ4n) is 8.89. The Bertz CT molecular complexity index is 2830. The number of anilines is 2. The maximum atomic E-state index is 2.56. The van der Waals surface area contributed by atoms with Crippen LogP contribution in [0.2, 0.25) is 0 Å². The van der Waals surface area contributed by atoms with Crippen molar-refractivity contribution in [2.24, 2.45) is 0 Å². The summed E-state index contributed by atoms with van der Waals surface area (Å²) < 4.78 is 4.86. The van der Waals surface area contributed by atoms with Crippen LogP contribution in [0.5, 0.6) is 0 Å². The van der Waals surface area contributed by atoms with Crippen molar-refractivity contribution in [1.82, 2.24) is 9.13 Å². The van der Waals surface area contributed by atoms with E-state index >= 15 is 0 Å². The average Bonchev–Trinajstić information content (AvgIpc) is 3.84. The van der Waals surface area contributed by atoms with Crippen LogP contribution in [-0.4, -0.2) is 15.2 Å². The molecule has 3 heteroatoms. The zero-order valence-electron chi connectivity index (χ0n) is 27.9. The van der Waals surface area contributed by atoms with Gasteiger partial charge in [0, 0.05) is 50.1 Å². The Hall–Kier alpha value is -6.58. The van der Waals surface area contributed by atoms with E-state index in [1.54, 1.807) is 0 Å². The van der Waals surface area contributed by atoms with E-state index < -0.39 is 0 Å². The summed E-state index contributed by atoms with van der Waals surface area (Å²) in [5, 5.41) is 5.10. The lowest BCUT2D eigenvalue weighted by molar-refractivity contribution is 0.742. The van der Waals surface area contributed by atoms with E-state index in [2.05, 4.69) is 202 Å². The van der Waals surface area contributed by atoms with Crippen LogP contribution in [0.15, 0.2) is 188 Å². The van der Waals surface area contributed by atoms with E-state index in [4.69, 9.17) is 0 Å². The van der Waals surface area contributed by atoms with Gasteiger partial charge in [0.1, 0.15) is 0 Å². The van der Waals surface area contributed by atoms with Crippen molar-refractivity contribution in [2.75, 3.05) is 4.90 Å². The van der Waals surface area contributed by atoms with Crippen molar-refractivity contribution in [3.05, 3.63) is 194 Å². The van der Waals surface area contributed by atoms with Crippen LogP contribution in [-0.2, 0) is 0 Å². The van der Waals surface area contributed by atoms with Gasteiger partial charge in [-0.3, -0.25) is 0 Å². The molecule has 2 unspecified atom stereocenters. The Balaban J connectivity index is 1.07. The largest absolute Gasteiger partial charge is 0.333 e. The maximum absolute atomic E-state index is 2.56. The van der Waals surface area contributed by atoms with Crippen LogP contribution in [0.3, 0.4) is 0 Å². The van der Waals surface area contributed by atoms with Gasteiger partial charge in [0.25, 0.3) is 0 Å². The molecular weight excluding hydrogens is 619 g/mol. The summed E-state index contributed by atoms with van der Waals surface area (Å²) >= 11 is 0. The van der Waals surface area contributed by atoms with E-state index in [1.807, 2.05) is 0 Å². The third-order valence-electron chi connectivity index (χ3n) is 11.0. The Morgan fingerprint density at radius 1 is 0.373 bits per heavy atom. The van der Waals surface area contributed by atoms with Gasteiger partial charge in [-0.25, -0.2) is 0 Å². The van der Waals surface area contributed by atoms with Crippen LogP contribution in [0, 0.1) is 0 Å². The molecule has 0 radical (unpaired) electrons. The zero-order chi connectivity index (χ0) is 33.5. The molecule has 0 saturated carbocycles. The summed E-state index contributed by atoms with van der Waals surface area (Å²) in [7, 11) is 0. The van der Waals surface area contributed by atoms with Crippen molar-refractivity contribution in [1.29, 1.82) is 0 Å². The van der Waals surface area contributed by atoms with Gasteiger partial charge >= 0.3 is 0 Å². The monoisotopic (exact) mass is 651 g/mol. The first-order chi connectivity index (χ1) is 25.3. The molecule has 0 saturated heterocycles. The van der Waals surface area contributed by atoms with Gasteiger partial charge in [-0.15, -0.1) is 0 Å². The lowest BCUT2D eigenvalue weighted by atomic mass is 9.90. The van der Waals surface area contributed by atoms with E-state index in [9.17, 15) is 0 Å². The quantitative estimate of drug-likeness (QED) is 0.185. The summed E-state index contributed by atoms with van der Waals surface area (Å²) in [4.78, 5) is 2.56. The Kier molecular flexibility index (Phi) is 6.08. The van der Waals surface area contributed by atoms with E-state index in [1.165, 1.54) is 83.1 Å². The molecule has 0 N–H and O–H groups in total. The first-order valence-corrected chi connectivity index (χ1v) is 17.8. The van der Waals surface area contributed by atoms with Crippen molar-refractivity contribution in [3.8, 4) is 22.5 Å². The van der Waals surface area contributed by atoms with Crippen LogP contribution in [0.25, 0.3) is 66.1 Å². The van der Waals surface area contributed by atoms with E-state index in [0.717, 1.165) is 0 Å². The van der Waals surface area contributed by atoms with Gasteiger partial charge in [0.15, 0.2) is 0 Å². The highest BCUT2D eigenvalue weighted by Crippen LogP contribution is 2.51. The number of hydrogen-bond donors (Lipinski definition) is 0. The van der Waals surface area contributed by atoms with Gasteiger partial charge in [-0.05, 0) is 77.9 Å². The predicted octanol–water partition coefficient (Wildman–Crippen LogP) is 12.3. The normalized spacial score (nSPS) is 16.4. The number of nitrogens with zero attached hydrogens (tertiary/aromatic N) is 3. The fraction of sp³-hybridized carbons (Fsp3) is 0.0417. The number of fused-ring (bicyclic) bond motifs is 9. The standard InChI is InChI=1S/C48H33N3/c1-2-15-34(16-3-1)49-41-22-8-6-20-38(41)40-31-33(28-29-45(40)49)32-14-12-17-35(30-32)50-44-25-11-7-21-39(44)48-46(50)26-13-27-47(48)51-42-23-9-4-18-36(42)37-19-5-10-24-43(37)51/h1-31,39,44H. The Labute approximate surface area is 296 Å². The fourth-order valence-corrected chi connectivity index (χ4v) is 8.89. The summed E-state index contributed by atoms with van der Waals surface area (Å²) in [5.41, 5.74) is 13.6. The number of para-hydroxylation sites is 4. The second-order valence-electron chi connectivity index (χ2n) is 13.7. The SMILES string of the molecule is C1=CC2c3c(cccc3-n3c4ccccc4c4ccccc43)N(c3cccc(-c4ccc5c(c4)c4ccccc4n5-c4ccccc4)c3)C2C=C1. The molecule has 7 aromatic carbocycles. The number of aromatic nitrogens is 2. The lowest BCUT2D eigenvalue weighted by Gasteiger charge is -2.29. The van der Waals surface area contributed by atoms with Crippen LogP contribution < -0.4 is 4.90 Å². The van der Waals surface area contributed by atoms with Crippen LogP contribution in [0.4, 0.5) is 11.4 Å². The smallest absolute Gasteiger partial charge is 0.0630 e. The van der Waals surface area contributed by atoms with Crippen LogP contribution in [0.1, 0.15) is 11.5 Å². The predicted molar refractivity (Wildman–Crippen MR) is 214 cm³/mol.